The van der Waals surface area contributed by atoms with E-state index in [9.17, 15) is 13.2 Å². The highest BCUT2D eigenvalue weighted by Gasteiger charge is 2.30. The maximum absolute atomic E-state index is 12.7. The maximum atomic E-state index is 12.7. The third-order valence-corrected chi connectivity index (χ3v) is 6.21. The Balaban J connectivity index is 2.12. The molecule has 1 amide bonds. The quantitative estimate of drug-likeness (QED) is 0.777. The van der Waals surface area contributed by atoms with Crippen LogP contribution in [0.3, 0.4) is 0 Å². The summed E-state index contributed by atoms with van der Waals surface area (Å²) in [5, 5.41) is 0. The van der Waals surface area contributed by atoms with Crippen LogP contribution in [-0.2, 0) is 20.2 Å². The molecule has 0 unspecified atom stereocenters. The van der Waals surface area contributed by atoms with Crippen molar-refractivity contribution in [2.24, 2.45) is 0 Å². The Labute approximate surface area is 143 Å². The first-order valence-electron chi connectivity index (χ1n) is 7.60. The Kier molecular flexibility index (Phi) is 5.38. The van der Waals surface area contributed by atoms with Gasteiger partial charge in [0, 0.05) is 26.2 Å². The van der Waals surface area contributed by atoms with Gasteiger partial charge in [-0.1, -0.05) is 32.9 Å². The number of hydrogen-bond donors (Lipinski definition) is 0. The van der Waals surface area contributed by atoms with Crippen molar-refractivity contribution in [3.8, 4) is 0 Å². The molecule has 1 aliphatic rings. The summed E-state index contributed by atoms with van der Waals surface area (Å²) in [6.07, 6.45) is 0. The van der Waals surface area contributed by atoms with Crippen LogP contribution in [0, 0.1) is 0 Å². The van der Waals surface area contributed by atoms with Crippen molar-refractivity contribution in [1.29, 1.82) is 0 Å². The number of alkyl halides is 1. The molecule has 23 heavy (non-hydrogen) atoms. The number of halogens is 1. The lowest BCUT2D eigenvalue weighted by atomic mass is 9.87. The fourth-order valence-electron chi connectivity index (χ4n) is 2.54. The number of benzene rings is 1. The molecular formula is C16H23ClN2O3S. The molecule has 1 aromatic carbocycles. The summed E-state index contributed by atoms with van der Waals surface area (Å²) < 4.78 is 26.8. The lowest BCUT2D eigenvalue weighted by molar-refractivity contribution is -0.129. The van der Waals surface area contributed by atoms with E-state index >= 15 is 0 Å². The van der Waals surface area contributed by atoms with Crippen LogP contribution in [0.4, 0.5) is 0 Å². The minimum Gasteiger partial charge on any atom is -0.339 e. The van der Waals surface area contributed by atoms with Crippen molar-refractivity contribution in [2.75, 3.05) is 32.1 Å². The topological polar surface area (TPSA) is 57.7 Å². The summed E-state index contributed by atoms with van der Waals surface area (Å²) in [6.45, 7) is 7.62. The number of rotatable bonds is 3. The Hall–Kier alpha value is -1.11. The van der Waals surface area contributed by atoms with Gasteiger partial charge in [0.1, 0.15) is 5.88 Å². The van der Waals surface area contributed by atoms with E-state index in [0.717, 1.165) is 5.56 Å². The fraction of sp³-hybridized carbons (Fsp3) is 0.562. The maximum Gasteiger partial charge on any atom is 0.243 e. The van der Waals surface area contributed by atoms with Crippen LogP contribution in [0.5, 0.6) is 0 Å². The van der Waals surface area contributed by atoms with Crippen LogP contribution >= 0.6 is 11.6 Å². The number of sulfonamides is 1. The SMILES string of the molecule is CC(C)(C)c1ccc(S(=O)(=O)N2CCN(C(=O)CCl)CC2)cc1. The molecule has 1 aromatic rings. The molecule has 1 heterocycles. The first-order valence-corrected chi connectivity index (χ1v) is 9.58. The third kappa shape index (κ3) is 4.05. The number of nitrogens with zero attached hydrogens (tertiary/aromatic N) is 2. The van der Waals surface area contributed by atoms with Crippen LogP contribution < -0.4 is 0 Å². The highest BCUT2D eigenvalue weighted by Crippen LogP contribution is 2.25. The molecule has 7 heteroatoms. The molecule has 0 radical (unpaired) electrons. The molecule has 1 fully saturated rings. The van der Waals surface area contributed by atoms with Gasteiger partial charge in [0.25, 0.3) is 0 Å². The van der Waals surface area contributed by atoms with Gasteiger partial charge in [-0.2, -0.15) is 4.31 Å². The molecule has 5 nitrogen and oxygen atoms in total. The van der Waals surface area contributed by atoms with Crippen molar-refractivity contribution in [2.45, 2.75) is 31.1 Å². The van der Waals surface area contributed by atoms with Crippen LogP contribution in [-0.4, -0.2) is 55.6 Å². The highest BCUT2D eigenvalue weighted by atomic mass is 35.5. The van der Waals surface area contributed by atoms with Gasteiger partial charge in [-0.3, -0.25) is 4.79 Å². The van der Waals surface area contributed by atoms with Crippen LogP contribution in [0.1, 0.15) is 26.3 Å². The summed E-state index contributed by atoms with van der Waals surface area (Å²) >= 11 is 5.54. The molecule has 0 aliphatic carbocycles. The smallest absolute Gasteiger partial charge is 0.243 e. The van der Waals surface area contributed by atoms with Gasteiger partial charge in [0.15, 0.2) is 0 Å². The van der Waals surface area contributed by atoms with Gasteiger partial charge in [0.05, 0.1) is 4.90 Å². The van der Waals surface area contributed by atoms with E-state index in [1.54, 1.807) is 17.0 Å². The van der Waals surface area contributed by atoms with E-state index in [2.05, 4.69) is 20.8 Å². The summed E-state index contributed by atoms with van der Waals surface area (Å²) in [6, 6.07) is 7.04. The second kappa shape index (κ2) is 6.79. The largest absolute Gasteiger partial charge is 0.339 e. The van der Waals surface area contributed by atoms with E-state index in [0.29, 0.717) is 31.1 Å². The van der Waals surface area contributed by atoms with Crippen molar-refractivity contribution in [3.63, 3.8) is 0 Å². The number of hydrogen-bond acceptors (Lipinski definition) is 3. The summed E-state index contributed by atoms with van der Waals surface area (Å²) in [5.74, 6) is -0.223. The fourth-order valence-corrected chi connectivity index (χ4v) is 4.13. The standard InChI is InChI=1S/C16H23ClN2O3S/c1-16(2,3)13-4-6-14(7-5-13)23(21,22)19-10-8-18(9-11-19)15(20)12-17/h4-7H,8-12H2,1-3H3. The molecule has 0 spiro atoms. The monoisotopic (exact) mass is 358 g/mol. The summed E-state index contributed by atoms with van der Waals surface area (Å²) in [4.78, 5) is 13.4. The highest BCUT2D eigenvalue weighted by molar-refractivity contribution is 7.89. The second-order valence-electron chi connectivity index (χ2n) is 6.69. The second-order valence-corrected chi connectivity index (χ2v) is 8.90. The van der Waals surface area contributed by atoms with Crippen LogP contribution in [0.25, 0.3) is 0 Å². The zero-order valence-corrected chi connectivity index (χ0v) is 15.3. The zero-order valence-electron chi connectivity index (χ0n) is 13.8. The first-order chi connectivity index (χ1) is 10.7. The third-order valence-electron chi connectivity index (χ3n) is 4.06. The zero-order chi connectivity index (χ0) is 17.3. The van der Waals surface area contributed by atoms with E-state index in [1.165, 1.54) is 4.31 Å². The predicted molar refractivity (Wildman–Crippen MR) is 91.2 cm³/mol. The molecule has 0 saturated carbocycles. The average molecular weight is 359 g/mol. The number of amides is 1. The normalized spacial score (nSPS) is 17.3. The van der Waals surface area contributed by atoms with Gasteiger partial charge in [-0.25, -0.2) is 8.42 Å². The molecule has 1 saturated heterocycles. The van der Waals surface area contributed by atoms with Gasteiger partial charge in [-0.15, -0.1) is 11.6 Å². The first kappa shape index (κ1) is 18.2. The summed E-state index contributed by atoms with van der Waals surface area (Å²) in [7, 11) is -3.52. The average Bonchev–Trinajstić information content (AvgIpc) is 2.53. The Morgan fingerprint density at radius 2 is 1.61 bits per heavy atom. The summed E-state index contributed by atoms with van der Waals surface area (Å²) in [5.41, 5.74) is 1.07. The Morgan fingerprint density at radius 1 is 1.09 bits per heavy atom. The molecule has 0 atom stereocenters. The van der Waals surface area contributed by atoms with Crippen molar-refractivity contribution >= 4 is 27.5 Å². The lowest BCUT2D eigenvalue weighted by Crippen LogP contribution is -2.50. The van der Waals surface area contributed by atoms with Crippen molar-refractivity contribution in [1.82, 2.24) is 9.21 Å². The van der Waals surface area contributed by atoms with Crippen LogP contribution in [0.2, 0.25) is 0 Å². The minimum atomic E-state index is -3.52. The number of carbonyl (C=O) groups excluding carboxylic acids is 1. The molecule has 0 N–H and O–H groups in total. The van der Waals surface area contributed by atoms with E-state index in [1.807, 2.05) is 12.1 Å². The van der Waals surface area contributed by atoms with E-state index in [-0.39, 0.29) is 17.2 Å². The van der Waals surface area contributed by atoms with E-state index in [4.69, 9.17) is 11.6 Å². The van der Waals surface area contributed by atoms with Gasteiger partial charge in [0.2, 0.25) is 15.9 Å². The van der Waals surface area contributed by atoms with Gasteiger partial charge >= 0.3 is 0 Å². The van der Waals surface area contributed by atoms with Crippen LogP contribution in [0.15, 0.2) is 29.2 Å². The number of piperazine rings is 1. The van der Waals surface area contributed by atoms with Crippen molar-refractivity contribution < 1.29 is 13.2 Å². The van der Waals surface area contributed by atoms with E-state index < -0.39 is 10.0 Å². The van der Waals surface area contributed by atoms with Gasteiger partial charge < -0.3 is 4.90 Å². The molecule has 128 valence electrons. The lowest BCUT2D eigenvalue weighted by Gasteiger charge is -2.33. The molecule has 0 aromatic heterocycles. The molecule has 0 bridgehead atoms. The Morgan fingerprint density at radius 3 is 2.04 bits per heavy atom. The predicted octanol–water partition coefficient (Wildman–Crippen LogP) is 2.06. The van der Waals surface area contributed by atoms with Crippen molar-refractivity contribution in [3.05, 3.63) is 29.8 Å². The molecule has 1 aliphatic heterocycles. The Bertz CT molecular complexity index is 658. The van der Waals surface area contributed by atoms with Gasteiger partial charge in [-0.05, 0) is 23.1 Å². The minimum absolute atomic E-state index is 0.0180. The molecular weight excluding hydrogens is 336 g/mol. The number of carbonyl (C=O) groups is 1. The molecule has 2 rings (SSSR count).